The number of likely N-dealkylation sites (tertiary alicyclic amines) is 1. The van der Waals surface area contributed by atoms with Gasteiger partial charge in [0.25, 0.3) is 0 Å². The van der Waals surface area contributed by atoms with E-state index in [1.807, 2.05) is 0 Å². The highest BCUT2D eigenvalue weighted by atomic mass is 79.9. The standard InChI is InChI=1S/C11H15BrN4O3S/c12-7-4-9(10(13)14-5-7)20(19)15-6-8-2-1-3-16(8)11(17)18/h4-5,8,15H,1-3,6H2,(H2,13,14)(H,17,18)/t8-,20?/m1/s1. The maximum Gasteiger partial charge on any atom is 0.407 e. The summed E-state index contributed by atoms with van der Waals surface area (Å²) in [6.45, 7) is 0.847. The van der Waals surface area contributed by atoms with E-state index in [1.54, 1.807) is 6.07 Å². The van der Waals surface area contributed by atoms with Crippen LogP contribution in [0.4, 0.5) is 10.6 Å². The molecule has 7 nitrogen and oxygen atoms in total. The van der Waals surface area contributed by atoms with Crippen molar-refractivity contribution >= 4 is 38.8 Å². The second-order valence-electron chi connectivity index (χ2n) is 4.43. The molecule has 0 aliphatic carbocycles. The average Bonchev–Trinajstić information content (AvgIpc) is 2.87. The summed E-state index contributed by atoms with van der Waals surface area (Å²) >= 11 is 3.24. The number of halogens is 1. The number of aromatic nitrogens is 1. The van der Waals surface area contributed by atoms with E-state index >= 15 is 0 Å². The third-order valence-electron chi connectivity index (χ3n) is 3.12. The van der Waals surface area contributed by atoms with Crippen molar-refractivity contribution in [1.29, 1.82) is 0 Å². The van der Waals surface area contributed by atoms with Crippen molar-refractivity contribution < 1.29 is 14.1 Å². The fraction of sp³-hybridized carbons (Fsp3) is 0.455. The van der Waals surface area contributed by atoms with E-state index < -0.39 is 17.1 Å². The Morgan fingerprint density at radius 1 is 1.70 bits per heavy atom. The van der Waals surface area contributed by atoms with Crippen LogP contribution in [-0.2, 0) is 11.0 Å². The first-order valence-electron chi connectivity index (χ1n) is 6.05. The Balaban J connectivity index is 1.98. The molecule has 1 aromatic rings. The van der Waals surface area contributed by atoms with Gasteiger partial charge in [-0.05, 0) is 34.8 Å². The van der Waals surface area contributed by atoms with E-state index in [1.165, 1.54) is 11.1 Å². The zero-order chi connectivity index (χ0) is 14.7. The summed E-state index contributed by atoms with van der Waals surface area (Å²) in [4.78, 5) is 16.7. The first-order chi connectivity index (χ1) is 9.49. The SMILES string of the molecule is Nc1ncc(Br)cc1S(=O)NC[C@H]1CCCN1C(=O)O. The second-order valence-corrected chi connectivity index (χ2v) is 6.61. The van der Waals surface area contributed by atoms with Crippen molar-refractivity contribution in [3.8, 4) is 0 Å². The first-order valence-corrected chi connectivity index (χ1v) is 7.99. The topological polar surface area (TPSA) is 109 Å². The Bertz CT molecular complexity index is 542. The molecule has 20 heavy (non-hydrogen) atoms. The van der Waals surface area contributed by atoms with E-state index in [9.17, 15) is 9.00 Å². The van der Waals surface area contributed by atoms with Crippen molar-refractivity contribution in [1.82, 2.24) is 14.6 Å². The average molecular weight is 363 g/mol. The van der Waals surface area contributed by atoms with Gasteiger partial charge in [0.2, 0.25) is 0 Å². The molecule has 1 amide bonds. The van der Waals surface area contributed by atoms with Crippen LogP contribution in [0.1, 0.15) is 12.8 Å². The predicted octanol–water partition coefficient (Wildman–Crippen LogP) is 1.18. The summed E-state index contributed by atoms with van der Waals surface area (Å²) in [6, 6.07) is 1.48. The lowest BCUT2D eigenvalue weighted by molar-refractivity contribution is 0.141. The van der Waals surface area contributed by atoms with Gasteiger partial charge in [0.05, 0.1) is 4.90 Å². The predicted molar refractivity (Wildman–Crippen MR) is 78.5 cm³/mol. The maximum atomic E-state index is 12.1. The molecular formula is C11H15BrN4O3S. The molecule has 0 aromatic carbocycles. The Morgan fingerprint density at radius 3 is 3.15 bits per heavy atom. The molecule has 1 aliphatic rings. The lowest BCUT2D eigenvalue weighted by Gasteiger charge is -2.21. The van der Waals surface area contributed by atoms with Gasteiger partial charge in [0.1, 0.15) is 16.8 Å². The van der Waals surface area contributed by atoms with Crippen LogP contribution in [0, 0.1) is 0 Å². The molecule has 0 saturated carbocycles. The summed E-state index contributed by atoms with van der Waals surface area (Å²) in [5.74, 6) is 0.195. The van der Waals surface area contributed by atoms with E-state index in [4.69, 9.17) is 10.8 Å². The van der Waals surface area contributed by atoms with E-state index in [0.717, 1.165) is 12.8 Å². The third-order valence-corrected chi connectivity index (χ3v) is 4.71. The molecule has 2 atom stereocenters. The van der Waals surface area contributed by atoms with Gasteiger partial charge in [-0.3, -0.25) is 0 Å². The number of carboxylic acid groups (broad SMARTS) is 1. The van der Waals surface area contributed by atoms with Crippen molar-refractivity contribution in [2.75, 3.05) is 18.8 Å². The molecule has 1 aliphatic heterocycles. The lowest BCUT2D eigenvalue weighted by Crippen LogP contribution is -2.41. The summed E-state index contributed by atoms with van der Waals surface area (Å²) < 4.78 is 15.6. The molecule has 0 radical (unpaired) electrons. The summed E-state index contributed by atoms with van der Waals surface area (Å²) in [5, 5.41) is 9.03. The minimum Gasteiger partial charge on any atom is -0.465 e. The number of nitrogens with one attached hydrogen (secondary N) is 1. The van der Waals surface area contributed by atoms with Gasteiger partial charge in [0.15, 0.2) is 0 Å². The number of anilines is 1. The van der Waals surface area contributed by atoms with Crippen LogP contribution >= 0.6 is 15.9 Å². The smallest absolute Gasteiger partial charge is 0.407 e. The van der Waals surface area contributed by atoms with Gasteiger partial charge in [-0.1, -0.05) is 0 Å². The second kappa shape index (κ2) is 6.51. The molecule has 1 unspecified atom stereocenters. The van der Waals surface area contributed by atoms with E-state index in [2.05, 4.69) is 25.6 Å². The third kappa shape index (κ3) is 3.47. The summed E-state index contributed by atoms with van der Waals surface area (Å²) in [7, 11) is -1.52. The number of hydrogen-bond acceptors (Lipinski definition) is 4. The van der Waals surface area contributed by atoms with Gasteiger partial charge >= 0.3 is 6.09 Å². The molecular weight excluding hydrogens is 348 g/mol. The number of nitrogens with zero attached hydrogens (tertiary/aromatic N) is 2. The number of hydrogen-bond donors (Lipinski definition) is 3. The van der Waals surface area contributed by atoms with Crippen LogP contribution in [0.3, 0.4) is 0 Å². The van der Waals surface area contributed by atoms with Crippen LogP contribution in [0.15, 0.2) is 21.6 Å². The number of rotatable bonds is 4. The van der Waals surface area contributed by atoms with Gasteiger partial charge in [-0.15, -0.1) is 0 Å². The zero-order valence-corrected chi connectivity index (χ0v) is 13.0. The number of pyridine rings is 1. The highest BCUT2D eigenvalue weighted by Gasteiger charge is 2.28. The molecule has 0 bridgehead atoms. The van der Waals surface area contributed by atoms with Gasteiger partial charge in [-0.2, -0.15) is 0 Å². The molecule has 2 heterocycles. The zero-order valence-electron chi connectivity index (χ0n) is 10.6. The minimum absolute atomic E-state index is 0.155. The van der Waals surface area contributed by atoms with Crippen LogP contribution < -0.4 is 10.5 Å². The van der Waals surface area contributed by atoms with E-state index in [0.29, 0.717) is 22.5 Å². The molecule has 110 valence electrons. The lowest BCUT2D eigenvalue weighted by atomic mass is 10.2. The molecule has 9 heteroatoms. The van der Waals surface area contributed by atoms with Gasteiger partial charge in [0, 0.05) is 29.8 Å². The minimum atomic E-state index is -1.52. The van der Waals surface area contributed by atoms with Crippen LogP contribution in [0.2, 0.25) is 0 Å². The number of nitrogens with two attached hydrogens (primary N) is 1. The normalized spacial score (nSPS) is 20.1. The summed E-state index contributed by atoms with van der Waals surface area (Å²) in [6.07, 6.45) is 2.18. The maximum absolute atomic E-state index is 12.1. The Kier molecular flexibility index (Phi) is 4.95. The molecule has 1 saturated heterocycles. The largest absolute Gasteiger partial charge is 0.465 e. The quantitative estimate of drug-likeness (QED) is 0.745. The van der Waals surface area contributed by atoms with Gasteiger partial charge in [-0.25, -0.2) is 18.7 Å². The molecule has 1 aromatic heterocycles. The van der Waals surface area contributed by atoms with Crippen LogP contribution in [-0.4, -0.2) is 44.4 Å². The summed E-state index contributed by atoms with van der Waals surface area (Å²) in [5.41, 5.74) is 5.68. The fourth-order valence-corrected chi connectivity index (χ4v) is 3.59. The van der Waals surface area contributed by atoms with Crippen molar-refractivity contribution in [3.63, 3.8) is 0 Å². The van der Waals surface area contributed by atoms with Crippen molar-refractivity contribution in [2.24, 2.45) is 0 Å². The fourth-order valence-electron chi connectivity index (χ4n) is 2.13. The number of amides is 1. The Hall–Kier alpha value is -1.19. The number of carbonyl (C=O) groups is 1. The number of nitrogen functional groups attached to an aromatic ring is 1. The molecule has 4 N–H and O–H groups in total. The molecule has 2 rings (SSSR count). The first kappa shape index (κ1) is 15.2. The monoisotopic (exact) mass is 362 g/mol. The molecule has 1 fully saturated rings. The Labute approximate surface area is 127 Å². The highest BCUT2D eigenvalue weighted by Crippen LogP contribution is 2.20. The van der Waals surface area contributed by atoms with Crippen molar-refractivity contribution in [3.05, 3.63) is 16.7 Å². The Morgan fingerprint density at radius 2 is 2.45 bits per heavy atom. The van der Waals surface area contributed by atoms with E-state index in [-0.39, 0.29) is 11.9 Å². The van der Waals surface area contributed by atoms with Crippen molar-refractivity contribution in [2.45, 2.75) is 23.8 Å². The van der Waals surface area contributed by atoms with Crippen LogP contribution in [0.5, 0.6) is 0 Å². The van der Waals surface area contributed by atoms with Crippen LogP contribution in [0.25, 0.3) is 0 Å². The highest BCUT2D eigenvalue weighted by molar-refractivity contribution is 9.10. The molecule has 0 spiro atoms. The van der Waals surface area contributed by atoms with Gasteiger partial charge < -0.3 is 15.7 Å².